The maximum absolute atomic E-state index is 11.8. The molecule has 4 nitrogen and oxygen atoms in total. The fourth-order valence-electron chi connectivity index (χ4n) is 1.89. The van der Waals surface area contributed by atoms with Gasteiger partial charge in [0.2, 0.25) is 10.0 Å². The molecule has 2 heterocycles. The molecule has 0 unspecified atom stereocenters. The number of sulfonamides is 1. The van der Waals surface area contributed by atoms with Crippen LogP contribution in [-0.4, -0.2) is 18.7 Å². The molecule has 100 valence electrons. The van der Waals surface area contributed by atoms with Crippen molar-refractivity contribution in [3.05, 3.63) is 41.4 Å². The lowest BCUT2D eigenvalue weighted by molar-refractivity contribution is 0.580. The summed E-state index contributed by atoms with van der Waals surface area (Å²) >= 11 is 1.60. The first kappa shape index (κ1) is 12.8. The van der Waals surface area contributed by atoms with Crippen LogP contribution >= 0.6 is 11.3 Å². The lowest BCUT2D eigenvalue weighted by atomic mass is 10.2. The highest BCUT2D eigenvalue weighted by Gasteiger charge is 2.35. The minimum atomic E-state index is -3.15. The van der Waals surface area contributed by atoms with E-state index in [0.29, 0.717) is 6.54 Å². The van der Waals surface area contributed by atoms with Gasteiger partial charge in [-0.3, -0.25) is 4.98 Å². The maximum atomic E-state index is 11.8. The second kappa shape index (κ2) is 5.03. The molecule has 19 heavy (non-hydrogen) atoms. The van der Waals surface area contributed by atoms with E-state index in [1.807, 2.05) is 29.6 Å². The van der Waals surface area contributed by atoms with E-state index in [2.05, 4.69) is 9.71 Å². The molecule has 1 aliphatic carbocycles. The van der Waals surface area contributed by atoms with Gasteiger partial charge in [-0.15, -0.1) is 11.3 Å². The van der Waals surface area contributed by atoms with Gasteiger partial charge in [0.25, 0.3) is 0 Å². The molecule has 0 spiro atoms. The van der Waals surface area contributed by atoms with Crippen LogP contribution in [0, 0.1) is 0 Å². The van der Waals surface area contributed by atoms with Crippen molar-refractivity contribution in [1.29, 1.82) is 0 Å². The molecule has 0 radical (unpaired) electrons. The first-order valence-electron chi connectivity index (χ1n) is 6.13. The number of nitrogens with one attached hydrogen (secondary N) is 1. The molecule has 1 fully saturated rings. The van der Waals surface area contributed by atoms with Crippen LogP contribution in [0.15, 0.2) is 35.8 Å². The van der Waals surface area contributed by atoms with Crippen molar-refractivity contribution in [3.63, 3.8) is 0 Å². The van der Waals surface area contributed by atoms with Gasteiger partial charge in [0.05, 0.1) is 15.8 Å². The van der Waals surface area contributed by atoms with E-state index >= 15 is 0 Å². The zero-order valence-electron chi connectivity index (χ0n) is 10.2. The van der Waals surface area contributed by atoms with Crippen molar-refractivity contribution in [2.45, 2.75) is 24.6 Å². The van der Waals surface area contributed by atoms with Crippen LogP contribution in [0.1, 0.15) is 18.4 Å². The highest BCUT2D eigenvalue weighted by atomic mass is 32.2. The highest BCUT2D eigenvalue weighted by Crippen LogP contribution is 2.29. The molecule has 1 aliphatic rings. The molecule has 0 bridgehead atoms. The van der Waals surface area contributed by atoms with Gasteiger partial charge in [-0.25, -0.2) is 13.1 Å². The van der Waals surface area contributed by atoms with E-state index in [4.69, 9.17) is 0 Å². The molecule has 0 saturated heterocycles. The number of hydrogen-bond acceptors (Lipinski definition) is 4. The Morgan fingerprint density at radius 2 is 2.16 bits per heavy atom. The van der Waals surface area contributed by atoms with Gasteiger partial charge in [-0.05, 0) is 35.9 Å². The summed E-state index contributed by atoms with van der Waals surface area (Å²) in [4.78, 5) is 5.41. The maximum Gasteiger partial charge on any atom is 0.214 e. The molecular formula is C13H14N2O2S2. The Morgan fingerprint density at radius 1 is 1.32 bits per heavy atom. The summed E-state index contributed by atoms with van der Waals surface area (Å²) in [6.07, 6.45) is 3.29. The first-order chi connectivity index (χ1) is 9.17. The summed E-state index contributed by atoms with van der Waals surface area (Å²) in [6, 6.07) is 7.70. The van der Waals surface area contributed by atoms with Crippen LogP contribution in [0.25, 0.3) is 10.6 Å². The zero-order valence-corrected chi connectivity index (χ0v) is 11.9. The number of nitrogens with zero attached hydrogens (tertiary/aromatic N) is 1. The molecule has 3 rings (SSSR count). The van der Waals surface area contributed by atoms with Crippen LogP contribution in [-0.2, 0) is 16.6 Å². The summed E-state index contributed by atoms with van der Waals surface area (Å²) in [7, 11) is -3.15. The van der Waals surface area contributed by atoms with Crippen molar-refractivity contribution >= 4 is 21.4 Å². The SMILES string of the molecule is O=S(=O)(NCc1cccnc1-c1cccs1)C1CC1. The van der Waals surface area contributed by atoms with Gasteiger partial charge in [0.1, 0.15) is 0 Å². The molecule has 0 aromatic carbocycles. The number of rotatable bonds is 5. The van der Waals surface area contributed by atoms with Crippen molar-refractivity contribution in [2.24, 2.45) is 0 Å². The summed E-state index contributed by atoms with van der Waals surface area (Å²) in [6.45, 7) is 0.305. The van der Waals surface area contributed by atoms with E-state index in [-0.39, 0.29) is 5.25 Å². The second-order valence-electron chi connectivity index (χ2n) is 4.55. The van der Waals surface area contributed by atoms with E-state index in [0.717, 1.165) is 29.0 Å². The Hall–Kier alpha value is -1.24. The van der Waals surface area contributed by atoms with Crippen molar-refractivity contribution < 1.29 is 8.42 Å². The third-order valence-electron chi connectivity index (χ3n) is 3.07. The van der Waals surface area contributed by atoms with E-state index in [9.17, 15) is 8.42 Å². The van der Waals surface area contributed by atoms with Crippen LogP contribution in [0.5, 0.6) is 0 Å². The predicted octanol–water partition coefficient (Wildman–Crippen LogP) is 2.39. The quantitative estimate of drug-likeness (QED) is 0.921. The minimum absolute atomic E-state index is 0.186. The molecule has 0 atom stereocenters. The predicted molar refractivity (Wildman–Crippen MR) is 76.3 cm³/mol. The number of pyridine rings is 1. The zero-order chi connectivity index (χ0) is 13.3. The number of aromatic nitrogens is 1. The van der Waals surface area contributed by atoms with Gasteiger partial charge in [0.15, 0.2) is 0 Å². The second-order valence-corrected chi connectivity index (χ2v) is 7.55. The Morgan fingerprint density at radius 3 is 2.84 bits per heavy atom. The average Bonchev–Trinajstić information content (AvgIpc) is 3.14. The molecule has 2 aromatic heterocycles. The normalized spacial score (nSPS) is 15.6. The van der Waals surface area contributed by atoms with Gasteiger partial charge in [-0.1, -0.05) is 12.1 Å². The van der Waals surface area contributed by atoms with Crippen LogP contribution in [0.4, 0.5) is 0 Å². The molecule has 2 aromatic rings. The summed E-state index contributed by atoms with van der Waals surface area (Å²) in [5.74, 6) is 0. The monoisotopic (exact) mass is 294 g/mol. The van der Waals surface area contributed by atoms with Crippen molar-refractivity contribution in [2.75, 3.05) is 0 Å². The van der Waals surface area contributed by atoms with Gasteiger partial charge in [-0.2, -0.15) is 0 Å². The Kier molecular flexibility index (Phi) is 3.38. The fourth-order valence-corrected chi connectivity index (χ4v) is 4.00. The van der Waals surface area contributed by atoms with E-state index in [1.165, 1.54) is 0 Å². The van der Waals surface area contributed by atoms with Crippen molar-refractivity contribution in [3.8, 4) is 10.6 Å². The van der Waals surface area contributed by atoms with E-state index in [1.54, 1.807) is 17.5 Å². The summed E-state index contributed by atoms with van der Waals surface area (Å²) in [5.41, 5.74) is 1.77. The Bertz CT molecular complexity index is 662. The molecule has 1 N–H and O–H groups in total. The number of thiophene rings is 1. The van der Waals surface area contributed by atoms with Crippen molar-refractivity contribution in [1.82, 2.24) is 9.71 Å². The van der Waals surface area contributed by atoms with Gasteiger partial charge < -0.3 is 0 Å². The smallest absolute Gasteiger partial charge is 0.214 e. The highest BCUT2D eigenvalue weighted by molar-refractivity contribution is 7.90. The molecule has 1 saturated carbocycles. The number of hydrogen-bond donors (Lipinski definition) is 1. The lowest BCUT2D eigenvalue weighted by Crippen LogP contribution is -2.27. The van der Waals surface area contributed by atoms with E-state index < -0.39 is 10.0 Å². The van der Waals surface area contributed by atoms with Crippen LogP contribution < -0.4 is 4.72 Å². The lowest BCUT2D eigenvalue weighted by Gasteiger charge is -2.08. The summed E-state index contributed by atoms with van der Waals surface area (Å²) < 4.78 is 26.3. The molecule has 0 aliphatic heterocycles. The summed E-state index contributed by atoms with van der Waals surface area (Å²) in [5, 5.41) is 1.80. The van der Waals surface area contributed by atoms with Crippen LogP contribution in [0.3, 0.4) is 0 Å². The average molecular weight is 294 g/mol. The minimum Gasteiger partial charge on any atom is -0.255 e. The Balaban J connectivity index is 1.81. The van der Waals surface area contributed by atoms with Gasteiger partial charge >= 0.3 is 0 Å². The standard InChI is InChI=1S/C13H14N2O2S2/c16-19(17,11-5-6-11)15-9-10-3-1-7-14-13(10)12-4-2-8-18-12/h1-4,7-8,11,15H,5-6,9H2. The third-order valence-corrected chi connectivity index (χ3v) is 5.85. The fraction of sp³-hybridized carbons (Fsp3) is 0.308. The first-order valence-corrected chi connectivity index (χ1v) is 8.56. The molecule has 0 amide bonds. The topological polar surface area (TPSA) is 59.1 Å². The molecular weight excluding hydrogens is 280 g/mol. The van der Waals surface area contributed by atoms with Crippen LogP contribution in [0.2, 0.25) is 0 Å². The Labute approximate surface area is 116 Å². The molecule has 6 heteroatoms. The van der Waals surface area contributed by atoms with Gasteiger partial charge in [0, 0.05) is 12.7 Å². The third kappa shape index (κ3) is 2.86. The largest absolute Gasteiger partial charge is 0.255 e.